The number of methoxy groups -OCH3 is 1. The van der Waals surface area contributed by atoms with Gasteiger partial charge in [-0.3, -0.25) is 9.88 Å². The molecule has 1 aliphatic heterocycles. The van der Waals surface area contributed by atoms with Crippen LogP contribution in [0.2, 0.25) is 0 Å². The molecule has 1 unspecified atom stereocenters. The average Bonchev–Trinajstić information content (AvgIpc) is 2.81. The Labute approximate surface area is 119 Å². The van der Waals surface area contributed by atoms with E-state index in [0.717, 1.165) is 38.6 Å². The number of nitrogens with zero attached hydrogens (tertiary/aromatic N) is 4. The van der Waals surface area contributed by atoms with Crippen molar-refractivity contribution in [3.05, 3.63) is 48.3 Å². The van der Waals surface area contributed by atoms with E-state index in [9.17, 15) is 0 Å². The molecule has 0 spiro atoms. The third-order valence-corrected chi connectivity index (χ3v) is 3.70. The number of fused-ring (bicyclic) bond motifs is 1. The van der Waals surface area contributed by atoms with Gasteiger partial charge in [-0.1, -0.05) is 0 Å². The third-order valence-electron chi connectivity index (χ3n) is 3.70. The molecule has 0 aliphatic carbocycles. The number of hydrogen-bond acceptors (Lipinski definition) is 4. The Kier molecular flexibility index (Phi) is 4.08. The maximum Gasteiger partial charge on any atom is 0.122 e. The first-order valence-corrected chi connectivity index (χ1v) is 6.95. The van der Waals surface area contributed by atoms with Crippen molar-refractivity contribution in [3.63, 3.8) is 0 Å². The van der Waals surface area contributed by atoms with Gasteiger partial charge in [0.2, 0.25) is 0 Å². The summed E-state index contributed by atoms with van der Waals surface area (Å²) in [6, 6.07) is 4.14. The van der Waals surface area contributed by atoms with Gasteiger partial charge in [-0.2, -0.15) is 0 Å². The highest BCUT2D eigenvalue weighted by Gasteiger charge is 2.22. The van der Waals surface area contributed by atoms with Crippen molar-refractivity contribution in [2.24, 2.45) is 5.92 Å². The van der Waals surface area contributed by atoms with E-state index in [0.29, 0.717) is 5.92 Å². The largest absolute Gasteiger partial charge is 0.384 e. The normalized spacial score (nSPS) is 19.6. The zero-order valence-electron chi connectivity index (χ0n) is 11.8. The molecule has 0 bridgehead atoms. The molecule has 3 rings (SSSR count). The van der Waals surface area contributed by atoms with E-state index < -0.39 is 0 Å². The fourth-order valence-corrected chi connectivity index (χ4v) is 2.83. The van der Waals surface area contributed by atoms with Crippen molar-refractivity contribution in [2.45, 2.75) is 19.6 Å². The second-order valence-electron chi connectivity index (χ2n) is 5.34. The van der Waals surface area contributed by atoms with Gasteiger partial charge in [0.1, 0.15) is 5.82 Å². The summed E-state index contributed by atoms with van der Waals surface area (Å²) >= 11 is 0. The highest BCUT2D eigenvalue weighted by molar-refractivity contribution is 5.10. The van der Waals surface area contributed by atoms with Crippen molar-refractivity contribution < 1.29 is 4.74 Å². The maximum atomic E-state index is 5.36. The van der Waals surface area contributed by atoms with Crippen LogP contribution >= 0.6 is 0 Å². The van der Waals surface area contributed by atoms with E-state index in [2.05, 4.69) is 37.8 Å². The molecule has 2 aromatic heterocycles. The second kappa shape index (κ2) is 6.15. The van der Waals surface area contributed by atoms with Crippen LogP contribution in [0, 0.1) is 5.92 Å². The number of pyridine rings is 1. The Hall–Kier alpha value is -1.72. The van der Waals surface area contributed by atoms with Gasteiger partial charge in [-0.05, 0) is 17.7 Å². The molecule has 3 heterocycles. The van der Waals surface area contributed by atoms with Crippen LogP contribution in [0.5, 0.6) is 0 Å². The van der Waals surface area contributed by atoms with Gasteiger partial charge >= 0.3 is 0 Å². The lowest BCUT2D eigenvalue weighted by Gasteiger charge is -2.23. The van der Waals surface area contributed by atoms with E-state index >= 15 is 0 Å². The third kappa shape index (κ3) is 3.05. The van der Waals surface area contributed by atoms with Gasteiger partial charge < -0.3 is 9.30 Å². The fourth-order valence-electron chi connectivity index (χ4n) is 2.83. The van der Waals surface area contributed by atoms with Gasteiger partial charge in [0.05, 0.1) is 13.2 Å². The SMILES string of the molecule is COCC1CN(Cc2ccncc2)Cc2nccn2C1. The summed E-state index contributed by atoms with van der Waals surface area (Å²) in [7, 11) is 1.77. The fraction of sp³-hybridized carbons (Fsp3) is 0.467. The summed E-state index contributed by atoms with van der Waals surface area (Å²) in [5.41, 5.74) is 1.29. The highest BCUT2D eigenvalue weighted by atomic mass is 16.5. The van der Waals surface area contributed by atoms with Gasteiger partial charge in [0.25, 0.3) is 0 Å². The van der Waals surface area contributed by atoms with Crippen LogP contribution in [0.4, 0.5) is 0 Å². The Morgan fingerprint density at radius 1 is 1.25 bits per heavy atom. The van der Waals surface area contributed by atoms with Crippen LogP contribution in [0.3, 0.4) is 0 Å². The summed E-state index contributed by atoms with van der Waals surface area (Å²) in [5.74, 6) is 1.63. The smallest absolute Gasteiger partial charge is 0.122 e. The first kappa shape index (κ1) is 13.3. The molecule has 106 valence electrons. The molecule has 0 amide bonds. The van der Waals surface area contributed by atoms with Crippen molar-refractivity contribution in [2.75, 3.05) is 20.3 Å². The molecule has 0 N–H and O–H groups in total. The van der Waals surface area contributed by atoms with E-state index in [4.69, 9.17) is 4.74 Å². The molecule has 2 aromatic rings. The van der Waals surface area contributed by atoms with Gasteiger partial charge in [-0.15, -0.1) is 0 Å². The lowest BCUT2D eigenvalue weighted by molar-refractivity contribution is 0.115. The van der Waals surface area contributed by atoms with Crippen LogP contribution < -0.4 is 0 Å². The molecule has 5 nitrogen and oxygen atoms in total. The van der Waals surface area contributed by atoms with E-state index in [-0.39, 0.29) is 0 Å². The minimum absolute atomic E-state index is 0.497. The predicted octanol–water partition coefficient (Wildman–Crippen LogP) is 1.56. The molecule has 1 aliphatic rings. The molecule has 0 radical (unpaired) electrons. The van der Waals surface area contributed by atoms with E-state index in [1.54, 1.807) is 7.11 Å². The van der Waals surface area contributed by atoms with Gasteiger partial charge in [-0.25, -0.2) is 4.98 Å². The highest BCUT2D eigenvalue weighted by Crippen LogP contribution is 2.17. The predicted molar refractivity (Wildman–Crippen MR) is 75.9 cm³/mol. The summed E-state index contributed by atoms with van der Waals surface area (Å²) < 4.78 is 7.60. The minimum atomic E-state index is 0.497. The average molecular weight is 272 g/mol. The summed E-state index contributed by atoms with van der Waals surface area (Å²) in [6.07, 6.45) is 7.64. The van der Waals surface area contributed by atoms with Crippen LogP contribution in [-0.4, -0.2) is 39.7 Å². The van der Waals surface area contributed by atoms with E-state index in [1.165, 1.54) is 5.56 Å². The van der Waals surface area contributed by atoms with Crippen LogP contribution in [0.25, 0.3) is 0 Å². The summed E-state index contributed by atoms with van der Waals surface area (Å²) in [5, 5.41) is 0. The molecule has 20 heavy (non-hydrogen) atoms. The second-order valence-corrected chi connectivity index (χ2v) is 5.34. The summed E-state index contributed by atoms with van der Waals surface area (Å²) in [6.45, 7) is 4.60. The Bertz CT molecular complexity index is 540. The zero-order chi connectivity index (χ0) is 13.8. The number of hydrogen-bond donors (Lipinski definition) is 0. The molecular formula is C15H20N4O. The Morgan fingerprint density at radius 3 is 2.90 bits per heavy atom. The molecule has 0 saturated carbocycles. The topological polar surface area (TPSA) is 43.2 Å². The number of aromatic nitrogens is 3. The van der Waals surface area contributed by atoms with Gasteiger partial charge in [0.15, 0.2) is 0 Å². The monoisotopic (exact) mass is 272 g/mol. The number of imidazole rings is 1. The van der Waals surface area contributed by atoms with Crippen LogP contribution in [0.15, 0.2) is 36.9 Å². The molecule has 5 heteroatoms. The van der Waals surface area contributed by atoms with E-state index in [1.807, 2.05) is 18.6 Å². The van der Waals surface area contributed by atoms with Crippen LogP contribution in [-0.2, 0) is 24.4 Å². The molecular weight excluding hydrogens is 252 g/mol. The Balaban J connectivity index is 1.76. The maximum absolute atomic E-state index is 5.36. The molecule has 1 atom stereocenters. The molecule has 0 fully saturated rings. The van der Waals surface area contributed by atoms with Crippen LogP contribution in [0.1, 0.15) is 11.4 Å². The Morgan fingerprint density at radius 2 is 2.10 bits per heavy atom. The zero-order valence-corrected chi connectivity index (χ0v) is 11.8. The molecule has 0 aromatic carbocycles. The first-order chi connectivity index (χ1) is 9.85. The molecule has 0 saturated heterocycles. The lowest BCUT2D eigenvalue weighted by Crippen LogP contribution is -2.29. The quantitative estimate of drug-likeness (QED) is 0.847. The lowest BCUT2D eigenvalue weighted by atomic mass is 10.1. The van der Waals surface area contributed by atoms with Crippen molar-refractivity contribution in [1.29, 1.82) is 0 Å². The minimum Gasteiger partial charge on any atom is -0.384 e. The summed E-state index contributed by atoms with van der Waals surface area (Å²) in [4.78, 5) is 11.0. The van der Waals surface area contributed by atoms with Crippen molar-refractivity contribution >= 4 is 0 Å². The van der Waals surface area contributed by atoms with Crippen molar-refractivity contribution in [3.8, 4) is 0 Å². The number of rotatable bonds is 4. The van der Waals surface area contributed by atoms with Crippen molar-refractivity contribution in [1.82, 2.24) is 19.4 Å². The first-order valence-electron chi connectivity index (χ1n) is 6.95. The number of ether oxygens (including phenoxy) is 1. The van der Waals surface area contributed by atoms with Gasteiger partial charge in [0, 0.05) is 57.4 Å². The standard InChI is InChI=1S/C15H20N4O/c1-20-12-14-9-18(8-13-2-4-16-5-3-13)11-15-17-6-7-19(15)10-14/h2-7,14H,8-12H2,1H3.